The molecule has 0 saturated heterocycles. The van der Waals surface area contributed by atoms with E-state index >= 15 is 0 Å². The molecule has 0 radical (unpaired) electrons. The van der Waals surface area contributed by atoms with Crippen molar-refractivity contribution >= 4 is 11.5 Å². The first kappa shape index (κ1) is 12.7. The highest BCUT2D eigenvalue weighted by atomic mass is 16.6. The number of ether oxygens (including phenoxy) is 1. The molecule has 0 heterocycles. The van der Waals surface area contributed by atoms with Gasteiger partial charge in [-0.05, 0) is 19.1 Å². The van der Waals surface area contributed by atoms with Crippen LogP contribution in [0.3, 0.4) is 0 Å². The lowest BCUT2D eigenvalue weighted by atomic mass is 10.1. The van der Waals surface area contributed by atoms with Crippen molar-refractivity contribution in [1.82, 2.24) is 0 Å². The maximum Gasteiger partial charge on any atom is 0.283 e. The van der Waals surface area contributed by atoms with Crippen LogP contribution in [0.4, 0.5) is 5.69 Å². The highest BCUT2D eigenvalue weighted by Gasteiger charge is 2.18. The molecule has 0 N–H and O–H groups in total. The van der Waals surface area contributed by atoms with E-state index in [9.17, 15) is 14.9 Å². The molecule has 1 aromatic rings. The van der Waals surface area contributed by atoms with Gasteiger partial charge in [-0.1, -0.05) is 0 Å². The Morgan fingerprint density at radius 2 is 2.29 bits per heavy atom. The lowest BCUT2D eigenvalue weighted by Gasteiger charge is -2.05. The van der Waals surface area contributed by atoms with Crippen LogP contribution < -0.4 is 4.74 Å². The quantitative estimate of drug-likeness (QED) is 0.257. The fourth-order valence-electron chi connectivity index (χ4n) is 1.28. The molecule has 88 valence electrons. The number of nitrogens with zero attached hydrogens (tertiary/aromatic N) is 1. The van der Waals surface area contributed by atoms with Gasteiger partial charge in [0.25, 0.3) is 5.69 Å². The summed E-state index contributed by atoms with van der Waals surface area (Å²) in [5.41, 5.74) is -0.185. The van der Waals surface area contributed by atoms with Gasteiger partial charge in [0, 0.05) is 6.42 Å². The SMILES string of the molecule is C#CCCOc1ccc(C(C)=O)c([N+](=O)[O-])c1. The van der Waals surface area contributed by atoms with Crippen LogP contribution in [0, 0.1) is 22.5 Å². The van der Waals surface area contributed by atoms with Crippen molar-refractivity contribution in [2.75, 3.05) is 6.61 Å². The lowest BCUT2D eigenvalue weighted by Crippen LogP contribution is -2.02. The first-order valence-corrected chi connectivity index (χ1v) is 4.92. The van der Waals surface area contributed by atoms with Crippen LogP contribution in [0.5, 0.6) is 5.75 Å². The molecule has 1 aromatic carbocycles. The van der Waals surface area contributed by atoms with E-state index in [1.54, 1.807) is 0 Å². The standard InChI is InChI=1S/C12H11NO4/c1-3-4-7-17-10-5-6-11(9(2)14)12(8-10)13(15)16/h1,5-6,8H,4,7H2,2H3. The third-order valence-electron chi connectivity index (χ3n) is 2.06. The van der Waals surface area contributed by atoms with Crippen molar-refractivity contribution in [1.29, 1.82) is 0 Å². The highest BCUT2D eigenvalue weighted by Crippen LogP contribution is 2.25. The third-order valence-corrected chi connectivity index (χ3v) is 2.06. The van der Waals surface area contributed by atoms with Gasteiger partial charge in [-0.15, -0.1) is 12.3 Å². The summed E-state index contributed by atoms with van der Waals surface area (Å²) in [5.74, 6) is 2.37. The number of rotatable bonds is 5. The van der Waals surface area contributed by atoms with Crippen molar-refractivity contribution < 1.29 is 14.5 Å². The van der Waals surface area contributed by atoms with E-state index in [0.29, 0.717) is 12.2 Å². The first-order chi connectivity index (χ1) is 8.06. The number of ketones is 1. The number of hydrogen-bond acceptors (Lipinski definition) is 4. The molecule has 0 spiro atoms. The third kappa shape index (κ3) is 3.31. The molecule has 5 heteroatoms. The van der Waals surface area contributed by atoms with Crippen molar-refractivity contribution in [3.8, 4) is 18.1 Å². The van der Waals surface area contributed by atoms with Gasteiger partial charge < -0.3 is 4.74 Å². The normalized spacial score (nSPS) is 9.41. The Labute approximate surface area is 98.5 Å². The van der Waals surface area contributed by atoms with Crippen LogP contribution in [0.1, 0.15) is 23.7 Å². The van der Waals surface area contributed by atoms with E-state index in [0.717, 1.165) is 0 Å². The van der Waals surface area contributed by atoms with E-state index < -0.39 is 4.92 Å². The molecule has 0 amide bonds. The molecule has 0 fully saturated rings. The van der Waals surface area contributed by atoms with Crippen molar-refractivity contribution in [3.05, 3.63) is 33.9 Å². The lowest BCUT2D eigenvalue weighted by molar-refractivity contribution is -0.385. The molecule has 0 bridgehead atoms. The van der Waals surface area contributed by atoms with Gasteiger partial charge >= 0.3 is 0 Å². The predicted molar refractivity (Wildman–Crippen MR) is 62.0 cm³/mol. The Morgan fingerprint density at radius 1 is 1.59 bits per heavy atom. The summed E-state index contributed by atoms with van der Waals surface area (Å²) >= 11 is 0. The Morgan fingerprint density at radius 3 is 2.82 bits per heavy atom. The molecule has 0 aliphatic carbocycles. The number of nitro groups is 1. The molecule has 1 rings (SSSR count). The molecule has 5 nitrogen and oxygen atoms in total. The van der Waals surface area contributed by atoms with Crippen LogP contribution in [-0.4, -0.2) is 17.3 Å². The monoisotopic (exact) mass is 233 g/mol. The maximum absolute atomic E-state index is 11.2. The number of Topliss-reactive ketones (excluding diaryl/α,β-unsaturated/α-hetero) is 1. The van der Waals surface area contributed by atoms with E-state index in [1.807, 2.05) is 0 Å². The van der Waals surface area contributed by atoms with Gasteiger partial charge in [0.1, 0.15) is 5.75 Å². The van der Waals surface area contributed by atoms with Crippen molar-refractivity contribution in [3.63, 3.8) is 0 Å². The van der Waals surface area contributed by atoms with E-state index in [4.69, 9.17) is 11.2 Å². The minimum atomic E-state index is -0.606. The van der Waals surface area contributed by atoms with Crippen LogP contribution in [0.25, 0.3) is 0 Å². The Hall–Kier alpha value is -2.35. The van der Waals surface area contributed by atoms with Gasteiger partial charge in [0.15, 0.2) is 5.78 Å². The smallest absolute Gasteiger partial charge is 0.283 e. The number of terminal acetylenes is 1. The Kier molecular flexibility index (Phi) is 4.23. The van der Waals surface area contributed by atoms with Crippen LogP contribution in [0.2, 0.25) is 0 Å². The molecule has 0 aromatic heterocycles. The van der Waals surface area contributed by atoms with Gasteiger partial charge in [-0.25, -0.2) is 0 Å². The molecule has 17 heavy (non-hydrogen) atoms. The summed E-state index contributed by atoms with van der Waals surface area (Å²) < 4.78 is 5.21. The van der Waals surface area contributed by atoms with Crippen LogP contribution in [0.15, 0.2) is 18.2 Å². The van der Waals surface area contributed by atoms with Gasteiger partial charge in [0.2, 0.25) is 0 Å². The zero-order chi connectivity index (χ0) is 12.8. The average Bonchev–Trinajstić information content (AvgIpc) is 2.29. The second-order valence-electron chi connectivity index (χ2n) is 3.29. The molecule has 0 aliphatic heterocycles. The Bertz CT molecular complexity index is 488. The largest absolute Gasteiger partial charge is 0.492 e. The predicted octanol–water partition coefficient (Wildman–Crippen LogP) is 2.20. The van der Waals surface area contributed by atoms with Crippen LogP contribution >= 0.6 is 0 Å². The van der Waals surface area contributed by atoms with E-state index in [1.165, 1.54) is 25.1 Å². The topological polar surface area (TPSA) is 69.4 Å². The second-order valence-corrected chi connectivity index (χ2v) is 3.29. The summed E-state index contributed by atoms with van der Waals surface area (Å²) in [5, 5.41) is 10.8. The summed E-state index contributed by atoms with van der Waals surface area (Å²) in [6, 6.07) is 4.12. The van der Waals surface area contributed by atoms with E-state index in [-0.39, 0.29) is 23.6 Å². The summed E-state index contributed by atoms with van der Waals surface area (Å²) in [7, 11) is 0. The average molecular weight is 233 g/mol. The number of carbonyl (C=O) groups excluding carboxylic acids is 1. The summed E-state index contributed by atoms with van der Waals surface area (Å²) in [4.78, 5) is 21.3. The maximum atomic E-state index is 11.2. The molecular formula is C12H11NO4. The van der Waals surface area contributed by atoms with Crippen LogP contribution in [-0.2, 0) is 0 Å². The molecule has 0 saturated carbocycles. The minimum absolute atomic E-state index is 0.0688. The molecule has 0 atom stereocenters. The van der Waals surface area contributed by atoms with E-state index in [2.05, 4.69) is 5.92 Å². The fourth-order valence-corrected chi connectivity index (χ4v) is 1.28. The number of benzene rings is 1. The number of hydrogen-bond donors (Lipinski definition) is 0. The first-order valence-electron chi connectivity index (χ1n) is 4.92. The molecule has 0 unspecified atom stereocenters. The van der Waals surface area contributed by atoms with Gasteiger partial charge in [-0.2, -0.15) is 0 Å². The minimum Gasteiger partial charge on any atom is -0.492 e. The summed E-state index contributed by atoms with van der Waals surface area (Å²) in [6.07, 6.45) is 5.47. The summed E-state index contributed by atoms with van der Waals surface area (Å²) in [6.45, 7) is 1.56. The van der Waals surface area contributed by atoms with Gasteiger partial charge in [-0.3, -0.25) is 14.9 Å². The number of carbonyl (C=O) groups is 1. The highest BCUT2D eigenvalue weighted by molar-refractivity contribution is 5.98. The van der Waals surface area contributed by atoms with Crippen molar-refractivity contribution in [2.24, 2.45) is 0 Å². The second kappa shape index (κ2) is 5.66. The zero-order valence-electron chi connectivity index (χ0n) is 9.30. The molecule has 0 aliphatic rings. The number of nitro benzene ring substituents is 1. The zero-order valence-corrected chi connectivity index (χ0v) is 9.30. The Balaban J connectivity index is 2.98. The van der Waals surface area contributed by atoms with Crippen molar-refractivity contribution in [2.45, 2.75) is 13.3 Å². The molecular weight excluding hydrogens is 222 g/mol. The van der Waals surface area contributed by atoms with Gasteiger partial charge in [0.05, 0.1) is 23.2 Å². The fraction of sp³-hybridized carbons (Fsp3) is 0.250.